The van der Waals surface area contributed by atoms with Crippen LogP contribution in [0.3, 0.4) is 0 Å². The van der Waals surface area contributed by atoms with Crippen molar-refractivity contribution < 1.29 is 13.2 Å². The highest BCUT2D eigenvalue weighted by Gasteiger charge is 2.31. The minimum Gasteiger partial charge on any atom is -0.278 e. The first-order valence-electron chi connectivity index (χ1n) is 6.59. The van der Waals surface area contributed by atoms with E-state index < -0.39 is 11.7 Å². The highest BCUT2D eigenvalue weighted by atomic mass is 19.4. The first kappa shape index (κ1) is 14.3. The van der Waals surface area contributed by atoms with Gasteiger partial charge in [-0.15, -0.1) is 0 Å². The van der Waals surface area contributed by atoms with E-state index in [9.17, 15) is 13.2 Å². The summed E-state index contributed by atoms with van der Waals surface area (Å²) in [5.41, 5.74) is 2.20. The normalized spacial score (nSPS) is 11.6. The predicted molar refractivity (Wildman–Crippen MR) is 77.0 cm³/mol. The molecule has 0 spiro atoms. The Labute approximate surface area is 124 Å². The molecule has 0 aliphatic rings. The monoisotopic (exact) mass is 303 g/mol. The summed E-state index contributed by atoms with van der Waals surface area (Å²) >= 11 is 0. The van der Waals surface area contributed by atoms with E-state index in [4.69, 9.17) is 0 Å². The molecule has 0 unspecified atom stereocenters. The fourth-order valence-corrected chi connectivity index (χ4v) is 2.24. The maximum absolute atomic E-state index is 12.9. The van der Waals surface area contributed by atoms with E-state index in [1.165, 1.54) is 0 Å². The topological polar surface area (TPSA) is 41.6 Å². The van der Waals surface area contributed by atoms with Gasteiger partial charge in [-0.1, -0.05) is 18.2 Å². The number of pyridine rings is 1. The first-order chi connectivity index (χ1) is 10.4. The lowest BCUT2D eigenvalue weighted by atomic mass is 10.0. The van der Waals surface area contributed by atoms with Crippen LogP contribution in [0.2, 0.25) is 0 Å². The highest BCUT2D eigenvalue weighted by molar-refractivity contribution is 5.69. The Morgan fingerprint density at radius 2 is 1.77 bits per heavy atom. The molecule has 0 aliphatic heterocycles. The van der Waals surface area contributed by atoms with Crippen molar-refractivity contribution >= 4 is 0 Å². The first-order valence-corrected chi connectivity index (χ1v) is 6.59. The number of rotatable bonds is 2. The number of aromatic nitrogens is 3. The molecule has 0 saturated carbocycles. The minimum atomic E-state index is -4.39. The zero-order chi connectivity index (χ0) is 15.7. The molecule has 0 atom stereocenters. The minimum absolute atomic E-state index is 0.300. The van der Waals surface area contributed by atoms with E-state index >= 15 is 0 Å². The molecule has 0 bridgehead atoms. The van der Waals surface area contributed by atoms with Gasteiger partial charge in [-0.05, 0) is 31.2 Å². The number of hydrogen-bond donors (Lipinski definition) is 1. The summed E-state index contributed by atoms with van der Waals surface area (Å²) in [6, 6.07) is 11.1. The molecular weight excluding hydrogens is 291 g/mol. The molecule has 0 amide bonds. The molecule has 0 aliphatic carbocycles. The van der Waals surface area contributed by atoms with Crippen LogP contribution in [0, 0.1) is 6.92 Å². The summed E-state index contributed by atoms with van der Waals surface area (Å²) < 4.78 is 38.8. The molecule has 3 rings (SSSR count). The molecule has 1 N–H and O–H groups in total. The van der Waals surface area contributed by atoms with Crippen LogP contribution in [0.25, 0.3) is 22.5 Å². The van der Waals surface area contributed by atoms with Crippen molar-refractivity contribution in [2.24, 2.45) is 0 Å². The second-order valence-electron chi connectivity index (χ2n) is 4.93. The number of halogens is 3. The predicted octanol–water partition coefficient (Wildman–Crippen LogP) is 4.47. The summed E-state index contributed by atoms with van der Waals surface area (Å²) in [6.07, 6.45) is -2.77. The SMILES string of the molecule is Cc1cc(C(F)(F)F)cc(-c2cccc(-c3ccn[nH]3)c2)n1. The van der Waals surface area contributed by atoms with Gasteiger partial charge >= 0.3 is 6.18 Å². The molecule has 22 heavy (non-hydrogen) atoms. The lowest BCUT2D eigenvalue weighted by Gasteiger charge is -2.10. The Hall–Kier alpha value is -2.63. The van der Waals surface area contributed by atoms with Gasteiger partial charge in [0.25, 0.3) is 0 Å². The summed E-state index contributed by atoms with van der Waals surface area (Å²) in [4.78, 5) is 4.21. The van der Waals surface area contributed by atoms with E-state index in [-0.39, 0.29) is 0 Å². The standard InChI is InChI=1S/C16H12F3N3/c1-10-7-13(16(17,18)19)9-15(21-10)12-4-2-3-11(8-12)14-5-6-20-22-14/h2-9H,1H3,(H,20,22). The molecular formula is C16H12F3N3. The maximum Gasteiger partial charge on any atom is 0.416 e. The van der Waals surface area contributed by atoms with Crippen molar-refractivity contribution in [3.63, 3.8) is 0 Å². The van der Waals surface area contributed by atoms with Crippen LogP contribution >= 0.6 is 0 Å². The molecule has 1 aromatic carbocycles. The summed E-state index contributed by atoms with van der Waals surface area (Å²) in [6.45, 7) is 1.55. The van der Waals surface area contributed by atoms with Crippen LogP contribution in [0.4, 0.5) is 13.2 Å². The van der Waals surface area contributed by atoms with E-state index in [0.29, 0.717) is 17.0 Å². The number of aryl methyl sites for hydroxylation is 1. The molecule has 0 radical (unpaired) electrons. The van der Waals surface area contributed by atoms with Crippen LogP contribution < -0.4 is 0 Å². The number of H-pyrrole nitrogens is 1. The average molecular weight is 303 g/mol. The summed E-state index contributed by atoms with van der Waals surface area (Å²) in [5.74, 6) is 0. The van der Waals surface area contributed by atoms with Crippen molar-refractivity contribution in [2.45, 2.75) is 13.1 Å². The molecule has 112 valence electrons. The number of hydrogen-bond acceptors (Lipinski definition) is 2. The molecule has 3 aromatic rings. The number of nitrogens with zero attached hydrogens (tertiary/aromatic N) is 2. The average Bonchev–Trinajstić information content (AvgIpc) is 3.00. The van der Waals surface area contributed by atoms with Gasteiger partial charge in [0.1, 0.15) is 0 Å². The number of aromatic amines is 1. The number of nitrogens with one attached hydrogen (secondary N) is 1. The summed E-state index contributed by atoms with van der Waals surface area (Å²) in [5, 5.41) is 6.70. The maximum atomic E-state index is 12.9. The van der Waals surface area contributed by atoms with E-state index in [2.05, 4.69) is 15.2 Å². The Bertz CT molecular complexity index is 793. The zero-order valence-electron chi connectivity index (χ0n) is 11.6. The van der Waals surface area contributed by atoms with Gasteiger partial charge in [-0.2, -0.15) is 18.3 Å². The van der Waals surface area contributed by atoms with Crippen LogP contribution in [0.15, 0.2) is 48.7 Å². The molecule has 2 aromatic heterocycles. The van der Waals surface area contributed by atoms with Gasteiger partial charge < -0.3 is 0 Å². The molecule has 2 heterocycles. The smallest absolute Gasteiger partial charge is 0.278 e. The lowest BCUT2D eigenvalue weighted by Crippen LogP contribution is -2.06. The fourth-order valence-electron chi connectivity index (χ4n) is 2.24. The summed E-state index contributed by atoms with van der Waals surface area (Å²) in [7, 11) is 0. The second kappa shape index (κ2) is 5.29. The van der Waals surface area contributed by atoms with Gasteiger partial charge in [0.15, 0.2) is 0 Å². The molecule has 0 fully saturated rings. The van der Waals surface area contributed by atoms with Crippen molar-refractivity contribution in [3.05, 3.63) is 59.9 Å². The van der Waals surface area contributed by atoms with Crippen LogP contribution in [-0.4, -0.2) is 15.2 Å². The molecule has 6 heteroatoms. The second-order valence-corrected chi connectivity index (χ2v) is 4.93. The third-order valence-corrected chi connectivity index (χ3v) is 3.25. The van der Waals surface area contributed by atoms with Crippen LogP contribution in [0.5, 0.6) is 0 Å². The van der Waals surface area contributed by atoms with E-state index in [0.717, 1.165) is 23.4 Å². The van der Waals surface area contributed by atoms with Gasteiger partial charge in [-0.25, -0.2) is 0 Å². The Kier molecular flexibility index (Phi) is 3.44. The van der Waals surface area contributed by atoms with Crippen molar-refractivity contribution in [2.75, 3.05) is 0 Å². The van der Waals surface area contributed by atoms with Crippen molar-refractivity contribution in [1.29, 1.82) is 0 Å². The molecule has 0 saturated heterocycles. The highest BCUT2D eigenvalue weighted by Crippen LogP contribution is 2.32. The zero-order valence-corrected chi connectivity index (χ0v) is 11.6. The quantitative estimate of drug-likeness (QED) is 0.759. The van der Waals surface area contributed by atoms with E-state index in [1.807, 2.05) is 6.07 Å². The van der Waals surface area contributed by atoms with Gasteiger partial charge in [0.2, 0.25) is 0 Å². The number of benzene rings is 1. The number of alkyl halides is 3. The van der Waals surface area contributed by atoms with Gasteiger partial charge in [0, 0.05) is 23.0 Å². The van der Waals surface area contributed by atoms with Gasteiger partial charge in [-0.3, -0.25) is 10.1 Å². The fraction of sp³-hybridized carbons (Fsp3) is 0.125. The van der Waals surface area contributed by atoms with Crippen molar-refractivity contribution in [3.8, 4) is 22.5 Å². The Morgan fingerprint density at radius 1 is 1.00 bits per heavy atom. The van der Waals surface area contributed by atoms with Gasteiger partial charge in [0.05, 0.1) is 17.0 Å². The van der Waals surface area contributed by atoms with Crippen LogP contribution in [-0.2, 0) is 6.18 Å². The third kappa shape index (κ3) is 2.86. The largest absolute Gasteiger partial charge is 0.416 e. The van der Waals surface area contributed by atoms with Crippen LogP contribution in [0.1, 0.15) is 11.3 Å². The van der Waals surface area contributed by atoms with Crippen molar-refractivity contribution in [1.82, 2.24) is 15.2 Å². The molecule has 3 nitrogen and oxygen atoms in total. The van der Waals surface area contributed by atoms with E-state index in [1.54, 1.807) is 37.4 Å². The Morgan fingerprint density at radius 3 is 2.45 bits per heavy atom. The lowest BCUT2D eigenvalue weighted by molar-refractivity contribution is -0.137. The third-order valence-electron chi connectivity index (χ3n) is 3.25. The Balaban J connectivity index is 2.08.